The fraction of sp³-hybridized carbons (Fsp3) is 0.312. The highest BCUT2D eigenvalue weighted by atomic mass is 32.1. The summed E-state index contributed by atoms with van der Waals surface area (Å²) in [6.07, 6.45) is 2.34. The highest BCUT2D eigenvalue weighted by molar-refractivity contribution is 7.09. The van der Waals surface area contributed by atoms with Crippen LogP contribution in [0.5, 0.6) is 0 Å². The summed E-state index contributed by atoms with van der Waals surface area (Å²) in [6, 6.07) is 12.1. The molecule has 0 unspecified atom stereocenters. The fourth-order valence-corrected chi connectivity index (χ4v) is 2.81. The molecule has 0 fully saturated rings. The Balaban J connectivity index is 2.01. The SMILES string of the molecule is CNCCc1ccccc1C(=O)CCc1cccs1. The number of likely N-dealkylation sites (N-methyl/N-ethyl adjacent to an activating group) is 1. The summed E-state index contributed by atoms with van der Waals surface area (Å²) in [5.41, 5.74) is 2.03. The van der Waals surface area contributed by atoms with E-state index in [-0.39, 0.29) is 5.78 Å². The Morgan fingerprint density at radius 2 is 2.00 bits per heavy atom. The van der Waals surface area contributed by atoms with Crippen molar-refractivity contribution in [2.75, 3.05) is 13.6 Å². The van der Waals surface area contributed by atoms with E-state index < -0.39 is 0 Å². The van der Waals surface area contributed by atoms with Crippen LogP contribution in [0.2, 0.25) is 0 Å². The third-order valence-corrected chi connectivity index (χ3v) is 4.08. The number of thiophene rings is 1. The molecule has 3 heteroatoms. The summed E-state index contributed by atoms with van der Waals surface area (Å²) in [5, 5.41) is 5.18. The van der Waals surface area contributed by atoms with Crippen molar-refractivity contribution in [2.24, 2.45) is 0 Å². The maximum atomic E-state index is 12.3. The Labute approximate surface area is 118 Å². The smallest absolute Gasteiger partial charge is 0.163 e. The van der Waals surface area contributed by atoms with Crippen LogP contribution in [-0.2, 0) is 12.8 Å². The molecular formula is C16H19NOS. The van der Waals surface area contributed by atoms with Crippen LogP contribution in [0.15, 0.2) is 41.8 Å². The second-order valence-electron chi connectivity index (χ2n) is 4.51. The van der Waals surface area contributed by atoms with Gasteiger partial charge in [-0.1, -0.05) is 30.3 Å². The number of carbonyl (C=O) groups excluding carboxylic acids is 1. The summed E-state index contributed by atoms with van der Waals surface area (Å²) in [7, 11) is 1.93. The molecular weight excluding hydrogens is 254 g/mol. The lowest BCUT2D eigenvalue weighted by Gasteiger charge is -2.08. The normalized spacial score (nSPS) is 10.6. The van der Waals surface area contributed by atoms with E-state index in [9.17, 15) is 4.79 Å². The van der Waals surface area contributed by atoms with Gasteiger partial charge in [-0.25, -0.2) is 0 Å². The lowest BCUT2D eigenvalue weighted by atomic mass is 9.98. The zero-order valence-electron chi connectivity index (χ0n) is 11.2. The van der Waals surface area contributed by atoms with E-state index in [0.29, 0.717) is 6.42 Å². The van der Waals surface area contributed by atoms with Gasteiger partial charge in [-0.05, 0) is 43.4 Å². The summed E-state index contributed by atoms with van der Waals surface area (Å²) in [4.78, 5) is 13.6. The number of carbonyl (C=O) groups is 1. The number of rotatable bonds is 7. The van der Waals surface area contributed by atoms with Crippen molar-refractivity contribution >= 4 is 17.1 Å². The quantitative estimate of drug-likeness (QED) is 0.784. The molecule has 1 N–H and O–H groups in total. The maximum absolute atomic E-state index is 12.3. The van der Waals surface area contributed by atoms with E-state index in [1.54, 1.807) is 11.3 Å². The van der Waals surface area contributed by atoms with E-state index in [0.717, 1.165) is 30.5 Å². The van der Waals surface area contributed by atoms with Gasteiger partial charge in [0.25, 0.3) is 0 Å². The Hall–Kier alpha value is -1.45. The Kier molecular flexibility index (Phi) is 5.31. The van der Waals surface area contributed by atoms with Crippen LogP contribution in [-0.4, -0.2) is 19.4 Å². The number of ketones is 1. The second kappa shape index (κ2) is 7.22. The van der Waals surface area contributed by atoms with Gasteiger partial charge in [0.2, 0.25) is 0 Å². The molecule has 2 rings (SSSR count). The molecule has 0 aliphatic carbocycles. The predicted molar refractivity (Wildman–Crippen MR) is 81.0 cm³/mol. The summed E-state index contributed by atoms with van der Waals surface area (Å²) in [6.45, 7) is 0.898. The predicted octanol–water partition coefficient (Wildman–Crippen LogP) is 3.33. The number of nitrogens with one attached hydrogen (secondary N) is 1. The minimum absolute atomic E-state index is 0.250. The fourth-order valence-electron chi connectivity index (χ4n) is 2.10. The Morgan fingerprint density at radius 1 is 1.16 bits per heavy atom. The van der Waals surface area contributed by atoms with Crippen LogP contribution in [0.3, 0.4) is 0 Å². The van der Waals surface area contributed by atoms with Crippen molar-refractivity contribution in [3.05, 3.63) is 57.8 Å². The molecule has 2 aromatic rings. The molecule has 0 spiro atoms. The molecule has 0 amide bonds. The number of Topliss-reactive ketones (excluding diaryl/α,β-unsaturated/α-hetero) is 1. The van der Waals surface area contributed by atoms with Crippen LogP contribution >= 0.6 is 11.3 Å². The van der Waals surface area contributed by atoms with Gasteiger partial charge in [0.05, 0.1) is 0 Å². The van der Waals surface area contributed by atoms with E-state index in [1.165, 1.54) is 4.88 Å². The molecule has 19 heavy (non-hydrogen) atoms. The first kappa shape index (κ1) is 14.0. The molecule has 0 atom stereocenters. The van der Waals surface area contributed by atoms with E-state index >= 15 is 0 Å². The summed E-state index contributed by atoms with van der Waals surface area (Å²) in [5.74, 6) is 0.250. The standard InChI is InChI=1S/C16H19NOS/c1-17-11-10-13-5-2-3-7-15(13)16(18)9-8-14-6-4-12-19-14/h2-7,12,17H,8-11H2,1H3. The molecule has 0 saturated carbocycles. The van der Waals surface area contributed by atoms with Crippen LogP contribution in [0.4, 0.5) is 0 Å². The zero-order chi connectivity index (χ0) is 13.5. The van der Waals surface area contributed by atoms with Gasteiger partial charge in [-0.2, -0.15) is 0 Å². The molecule has 100 valence electrons. The lowest BCUT2D eigenvalue weighted by Crippen LogP contribution is -2.13. The molecule has 2 nitrogen and oxygen atoms in total. The first-order valence-corrected chi connectivity index (χ1v) is 7.47. The van der Waals surface area contributed by atoms with Gasteiger partial charge in [-0.15, -0.1) is 11.3 Å². The number of hydrogen-bond acceptors (Lipinski definition) is 3. The Bertz CT molecular complexity index is 519. The lowest BCUT2D eigenvalue weighted by molar-refractivity contribution is 0.0982. The average Bonchev–Trinajstić information content (AvgIpc) is 2.96. The van der Waals surface area contributed by atoms with Gasteiger partial charge < -0.3 is 5.32 Å². The second-order valence-corrected chi connectivity index (χ2v) is 5.55. The van der Waals surface area contributed by atoms with Crippen LogP contribution in [0.25, 0.3) is 0 Å². The van der Waals surface area contributed by atoms with Crippen molar-refractivity contribution in [2.45, 2.75) is 19.3 Å². The molecule has 0 saturated heterocycles. The van der Waals surface area contributed by atoms with Gasteiger partial charge in [0, 0.05) is 16.9 Å². The largest absolute Gasteiger partial charge is 0.319 e. The molecule has 1 heterocycles. The van der Waals surface area contributed by atoms with Crippen molar-refractivity contribution in [3.8, 4) is 0 Å². The van der Waals surface area contributed by atoms with Crippen molar-refractivity contribution < 1.29 is 4.79 Å². The maximum Gasteiger partial charge on any atom is 0.163 e. The monoisotopic (exact) mass is 273 g/mol. The van der Waals surface area contributed by atoms with E-state index in [1.807, 2.05) is 31.3 Å². The zero-order valence-corrected chi connectivity index (χ0v) is 12.0. The minimum atomic E-state index is 0.250. The molecule has 1 aromatic carbocycles. The number of benzene rings is 1. The molecule has 0 aliphatic rings. The average molecular weight is 273 g/mol. The van der Waals surface area contributed by atoms with Crippen LogP contribution < -0.4 is 5.32 Å². The molecule has 1 aromatic heterocycles. The minimum Gasteiger partial charge on any atom is -0.319 e. The van der Waals surface area contributed by atoms with E-state index in [4.69, 9.17) is 0 Å². The van der Waals surface area contributed by atoms with Crippen LogP contribution in [0.1, 0.15) is 27.2 Å². The van der Waals surface area contributed by atoms with Crippen LogP contribution in [0, 0.1) is 0 Å². The van der Waals surface area contributed by atoms with Gasteiger partial charge in [0.15, 0.2) is 5.78 Å². The summed E-state index contributed by atoms with van der Waals surface area (Å²) >= 11 is 1.72. The first-order valence-electron chi connectivity index (χ1n) is 6.59. The van der Waals surface area contributed by atoms with Crippen molar-refractivity contribution in [1.82, 2.24) is 5.32 Å². The third kappa shape index (κ3) is 4.01. The highest BCUT2D eigenvalue weighted by Crippen LogP contribution is 2.16. The molecule has 0 aliphatic heterocycles. The van der Waals surface area contributed by atoms with E-state index in [2.05, 4.69) is 22.8 Å². The van der Waals surface area contributed by atoms with Crippen molar-refractivity contribution in [3.63, 3.8) is 0 Å². The highest BCUT2D eigenvalue weighted by Gasteiger charge is 2.10. The van der Waals surface area contributed by atoms with Gasteiger partial charge in [-0.3, -0.25) is 4.79 Å². The van der Waals surface area contributed by atoms with Crippen molar-refractivity contribution in [1.29, 1.82) is 0 Å². The Morgan fingerprint density at radius 3 is 2.74 bits per heavy atom. The van der Waals surface area contributed by atoms with Gasteiger partial charge in [0.1, 0.15) is 0 Å². The first-order chi connectivity index (χ1) is 9.31. The third-order valence-electron chi connectivity index (χ3n) is 3.14. The number of aryl methyl sites for hydroxylation is 1. The summed E-state index contributed by atoms with van der Waals surface area (Å²) < 4.78 is 0. The molecule has 0 bridgehead atoms. The molecule has 0 radical (unpaired) electrons. The van der Waals surface area contributed by atoms with Gasteiger partial charge >= 0.3 is 0 Å². The number of hydrogen-bond donors (Lipinski definition) is 1. The topological polar surface area (TPSA) is 29.1 Å².